The summed E-state index contributed by atoms with van der Waals surface area (Å²) in [4.78, 5) is 0. The van der Waals surface area contributed by atoms with E-state index >= 15 is 0 Å². The SMILES string of the molecule is Nc1ccc(CC(F)(F)F)nn1. The molecule has 0 saturated heterocycles. The molecule has 6 heteroatoms. The number of rotatable bonds is 1. The van der Waals surface area contributed by atoms with Crippen molar-refractivity contribution in [3.05, 3.63) is 17.8 Å². The number of alkyl halides is 3. The third-order valence-corrected chi connectivity index (χ3v) is 1.12. The maximum Gasteiger partial charge on any atom is 0.394 e. The Morgan fingerprint density at radius 3 is 2.33 bits per heavy atom. The van der Waals surface area contributed by atoms with Crippen molar-refractivity contribution < 1.29 is 13.2 Å². The molecule has 0 fully saturated rings. The molecule has 0 amide bonds. The van der Waals surface area contributed by atoms with Gasteiger partial charge in [-0.15, -0.1) is 5.10 Å². The molecule has 1 rings (SSSR count). The molecule has 0 saturated carbocycles. The second kappa shape index (κ2) is 2.96. The predicted octanol–water partition coefficient (Wildman–Crippen LogP) is 1.16. The molecule has 66 valence electrons. The Morgan fingerprint density at radius 2 is 1.92 bits per heavy atom. The number of aromatic nitrogens is 2. The van der Waals surface area contributed by atoms with Gasteiger partial charge < -0.3 is 5.73 Å². The maximum atomic E-state index is 11.7. The van der Waals surface area contributed by atoms with Crippen molar-refractivity contribution in [1.29, 1.82) is 0 Å². The Balaban J connectivity index is 2.71. The van der Waals surface area contributed by atoms with Crippen molar-refractivity contribution in [2.45, 2.75) is 12.6 Å². The Labute approximate surface area is 66.4 Å². The van der Waals surface area contributed by atoms with Gasteiger partial charge in [0.2, 0.25) is 0 Å². The van der Waals surface area contributed by atoms with Crippen LogP contribution < -0.4 is 5.73 Å². The van der Waals surface area contributed by atoms with Gasteiger partial charge in [-0.3, -0.25) is 0 Å². The van der Waals surface area contributed by atoms with E-state index < -0.39 is 12.6 Å². The molecule has 1 heterocycles. The Kier molecular flexibility index (Phi) is 2.16. The van der Waals surface area contributed by atoms with Crippen LogP contribution in [0.15, 0.2) is 12.1 Å². The summed E-state index contributed by atoms with van der Waals surface area (Å²) in [6, 6.07) is 2.49. The highest BCUT2D eigenvalue weighted by Gasteiger charge is 2.28. The number of hydrogen-bond acceptors (Lipinski definition) is 3. The molecule has 0 spiro atoms. The second-order valence-electron chi connectivity index (χ2n) is 2.24. The molecule has 0 aliphatic heterocycles. The van der Waals surface area contributed by atoms with Gasteiger partial charge in [0.15, 0.2) is 0 Å². The standard InChI is InChI=1S/C6H6F3N3/c7-6(8,9)3-4-1-2-5(10)12-11-4/h1-2H,3H2,(H2,10,12). The van der Waals surface area contributed by atoms with Crippen LogP contribution in [0.2, 0.25) is 0 Å². The van der Waals surface area contributed by atoms with Crippen molar-refractivity contribution in [3.8, 4) is 0 Å². The summed E-state index contributed by atoms with van der Waals surface area (Å²) >= 11 is 0. The summed E-state index contributed by atoms with van der Waals surface area (Å²) in [6.45, 7) is 0. The molecule has 0 aliphatic rings. The zero-order chi connectivity index (χ0) is 9.19. The van der Waals surface area contributed by atoms with E-state index in [4.69, 9.17) is 5.73 Å². The van der Waals surface area contributed by atoms with Gasteiger partial charge in [-0.2, -0.15) is 18.3 Å². The van der Waals surface area contributed by atoms with E-state index in [2.05, 4.69) is 10.2 Å². The molecular weight excluding hydrogens is 171 g/mol. The third-order valence-electron chi connectivity index (χ3n) is 1.12. The van der Waals surface area contributed by atoms with E-state index in [1.807, 2.05) is 0 Å². The first kappa shape index (κ1) is 8.76. The number of hydrogen-bond donors (Lipinski definition) is 1. The van der Waals surface area contributed by atoms with Crippen LogP contribution in [0, 0.1) is 0 Å². The van der Waals surface area contributed by atoms with Crippen molar-refractivity contribution >= 4 is 5.82 Å². The molecule has 0 radical (unpaired) electrons. The van der Waals surface area contributed by atoms with Gasteiger partial charge in [0.1, 0.15) is 5.82 Å². The van der Waals surface area contributed by atoms with Gasteiger partial charge >= 0.3 is 6.18 Å². The Hall–Kier alpha value is -1.33. The minimum Gasteiger partial charge on any atom is -0.382 e. The fraction of sp³-hybridized carbons (Fsp3) is 0.333. The first-order valence-electron chi connectivity index (χ1n) is 3.12. The average molecular weight is 177 g/mol. The van der Waals surface area contributed by atoms with E-state index in [-0.39, 0.29) is 11.5 Å². The molecule has 0 bridgehead atoms. The number of nitrogen functional groups attached to an aromatic ring is 1. The fourth-order valence-electron chi connectivity index (χ4n) is 0.670. The van der Waals surface area contributed by atoms with Gasteiger partial charge in [0, 0.05) is 0 Å². The summed E-state index contributed by atoms with van der Waals surface area (Å²) in [7, 11) is 0. The van der Waals surface area contributed by atoms with E-state index in [1.54, 1.807) is 0 Å². The lowest BCUT2D eigenvalue weighted by Crippen LogP contribution is -2.13. The minimum atomic E-state index is -4.25. The van der Waals surface area contributed by atoms with Crippen molar-refractivity contribution in [3.63, 3.8) is 0 Å². The lowest BCUT2D eigenvalue weighted by molar-refractivity contribution is -0.127. The first-order valence-corrected chi connectivity index (χ1v) is 3.12. The minimum absolute atomic E-state index is 0.112. The maximum absolute atomic E-state index is 11.7. The number of halogens is 3. The topological polar surface area (TPSA) is 51.8 Å². The van der Waals surface area contributed by atoms with Crippen molar-refractivity contribution in [1.82, 2.24) is 10.2 Å². The number of nitrogens with two attached hydrogens (primary N) is 1. The highest BCUT2D eigenvalue weighted by molar-refractivity contribution is 5.25. The van der Waals surface area contributed by atoms with E-state index in [0.29, 0.717) is 0 Å². The highest BCUT2D eigenvalue weighted by Crippen LogP contribution is 2.19. The molecule has 0 unspecified atom stereocenters. The summed E-state index contributed by atoms with van der Waals surface area (Å²) in [5.74, 6) is 0.112. The first-order chi connectivity index (χ1) is 5.47. The van der Waals surface area contributed by atoms with Crippen LogP contribution in [0.4, 0.5) is 19.0 Å². The van der Waals surface area contributed by atoms with Crippen LogP contribution in [-0.2, 0) is 6.42 Å². The molecule has 1 aromatic rings. The van der Waals surface area contributed by atoms with Gasteiger partial charge in [-0.1, -0.05) is 0 Å². The summed E-state index contributed by atoms with van der Waals surface area (Å²) in [6.07, 6.45) is -5.31. The molecule has 0 atom stereocenters. The molecule has 12 heavy (non-hydrogen) atoms. The van der Waals surface area contributed by atoms with Crippen molar-refractivity contribution in [2.75, 3.05) is 5.73 Å². The van der Waals surface area contributed by atoms with Crippen LogP contribution in [-0.4, -0.2) is 16.4 Å². The molecule has 2 N–H and O–H groups in total. The zero-order valence-corrected chi connectivity index (χ0v) is 5.97. The summed E-state index contributed by atoms with van der Waals surface area (Å²) in [5, 5.41) is 6.56. The summed E-state index contributed by atoms with van der Waals surface area (Å²) < 4.78 is 35.2. The molecular formula is C6H6F3N3. The van der Waals surface area contributed by atoms with Gasteiger partial charge in [0.25, 0.3) is 0 Å². The smallest absolute Gasteiger partial charge is 0.382 e. The van der Waals surface area contributed by atoms with Gasteiger partial charge in [0.05, 0.1) is 12.1 Å². The van der Waals surface area contributed by atoms with Gasteiger partial charge in [-0.25, -0.2) is 0 Å². The van der Waals surface area contributed by atoms with Crippen LogP contribution >= 0.6 is 0 Å². The van der Waals surface area contributed by atoms with E-state index in [1.165, 1.54) is 12.1 Å². The second-order valence-corrected chi connectivity index (χ2v) is 2.24. The third kappa shape index (κ3) is 2.73. The lowest BCUT2D eigenvalue weighted by atomic mass is 10.3. The number of nitrogens with zero attached hydrogens (tertiary/aromatic N) is 2. The fourth-order valence-corrected chi connectivity index (χ4v) is 0.670. The van der Waals surface area contributed by atoms with E-state index in [9.17, 15) is 13.2 Å². The predicted molar refractivity (Wildman–Crippen MR) is 36.2 cm³/mol. The molecule has 3 nitrogen and oxygen atoms in total. The molecule has 1 aromatic heterocycles. The average Bonchev–Trinajstić information content (AvgIpc) is 1.91. The quantitative estimate of drug-likeness (QED) is 0.700. The van der Waals surface area contributed by atoms with Crippen LogP contribution in [0.1, 0.15) is 5.69 Å². The normalized spacial score (nSPS) is 11.6. The van der Waals surface area contributed by atoms with Crippen LogP contribution in [0.25, 0.3) is 0 Å². The lowest BCUT2D eigenvalue weighted by Gasteiger charge is -2.03. The summed E-state index contributed by atoms with van der Waals surface area (Å²) in [5.41, 5.74) is 5.01. The van der Waals surface area contributed by atoms with Crippen LogP contribution in [0.5, 0.6) is 0 Å². The molecule has 0 aromatic carbocycles. The van der Waals surface area contributed by atoms with E-state index in [0.717, 1.165) is 0 Å². The van der Waals surface area contributed by atoms with Crippen molar-refractivity contribution in [2.24, 2.45) is 0 Å². The Bertz CT molecular complexity index is 254. The van der Waals surface area contributed by atoms with Crippen LogP contribution in [0.3, 0.4) is 0 Å². The molecule has 0 aliphatic carbocycles. The monoisotopic (exact) mass is 177 g/mol. The highest BCUT2D eigenvalue weighted by atomic mass is 19.4. The van der Waals surface area contributed by atoms with Gasteiger partial charge in [-0.05, 0) is 12.1 Å². The zero-order valence-electron chi connectivity index (χ0n) is 5.97. The number of anilines is 1. The largest absolute Gasteiger partial charge is 0.394 e. The Morgan fingerprint density at radius 1 is 1.25 bits per heavy atom.